The van der Waals surface area contributed by atoms with E-state index in [9.17, 15) is 5.11 Å². The first-order valence-electron chi connectivity index (χ1n) is 7.00. The first-order valence-corrected chi connectivity index (χ1v) is 7.00. The predicted octanol–water partition coefficient (Wildman–Crippen LogP) is 2.21. The molecule has 4 nitrogen and oxygen atoms in total. The standard InChI is InChI=1S/C15H25NO3/c1-3-10-16-13(12-17)9-11-19-15-8-6-5-7-14(15)18-4-2/h5-8,13,16-17H,3-4,9-12H2,1-2H3. The fourth-order valence-electron chi connectivity index (χ4n) is 1.76. The Bertz CT molecular complexity index is 344. The summed E-state index contributed by atoms with van der Waals surface area (Å²) in [4.78, 5) is 0. The van der Waals surface area contributed by atoms with Crippen molar-refractivity contribution in [2.75, 3.05) is 26.4 Å². The number of hydrogen-bond donors (Lipinski definition) is 2. The Kier molecular flexibility index (Phi) is 8.02. The minimum Gasteiger partial charge on any atom is -0.490 e. The number of para-hydroxylation sites is 2. The fraction of sp³-hybridized carbons (Fsp3) is 0.600. The van der Waals surface area contributed by atoms with Gasteiger partial charge in [0.15, 0.2) is 11.5 Å². The second-order valence-electron chi connectivity index (χ2n) is 4.35. The van der Waals surface area contributed by atoms with E-state index in [0.29, 0.717) is 13.2 Å². The molecule has 0 saturated carbocycles. The van der Waals surface area contributed by atoms with Crippen LogP contribution in [0.4, 0.5) is 0 Å². The third-order valence-electron chi connectivity index (χ3n) is 2.78. The van der Waals surface area contributed by atoms with Crippen LogP contribution in [0, 0.1) is 0 Å². The Balaban J connectivity index is 2.39. The lowest BCUT2D eigenvalue weighted by molar-refractivity contribution is 0.205. The summed E-state index contributed by atoms with van der Waals surface area (Å²) in [7, 11) is 0. The molecule has 0 aliphatic carbocycles. The van der Waals surface area contributed by atoms with E-state index < -0.39 is 0 Å². The van der Waals surface area contributed by atoms with Gasteiger partial charge in [-0.25, -0.2) is 0 Å². The van der Waals surface area contributed by atoms with Gasteiger partial charge in [0.1, 0.15) is 0 Å². The molecule has 0 heterocycles. The van der Waals surface area contributed by atoms with Crippen molar-refractivity contribution in [1.82, 2.24) is 5.32 Å². The minimum absolute atomic E-state index is 0.0965. The molecule has 0 spiro atoms. The van der Waals surface area contributed by atoms with E-state index in [1.807, 2.05) is 31.2 Å². The molecule has 0 bridgehead atoms. The molecule has 1 aromatic rings. The molecule has 0 fully saturated rings. The van der Waals surface area contributed by atoms with Crippen molar-refractivity contribution in [2.24, 2.45) is 0 Å². The summed E-state index contributed by atoms with van der Waals surface area (Å²) in [6, 6.07) is 7.75. The SMILES string of the molecule is CCCNC(CO)CCOc1ccccc1OCC. The van der Waals surface area contributed by atoms with Crippen molar-refractivity contribution in [3.63, 3.8) is 0 Å². The molecule has 0 aliphatic heterocycles. The molecular formula is C15H25NO3. The van der Waals surface area contributed by atoms with Gasteiger partial charge < -0.3 is 19.9 Å². The van der Waals surface area contributed by atoms with Crippen LogP contribution in [0.15, 0.2) is 24.3 Å². The van der Waals surface area contributed by atoms with Gasteiger partial charge in [0.25, 0.3) is 0 Å². The van der Waals surface area contributed by atoms with Crippen LogP contribution < -0.4 is 14.8 Å². The third-order valence-corrected chi connectivity index (χ3v) is 2.78. The van der Waals surface area contributed by atoms with E-state index in [1.54, 1.807) is 0 Å². The normalized spacial score (nSPS) is 12.2. The summed E-state index contributed by atoms with van der Waals surface area (Å²) in [6.07, 6.45) is 1.83. The lowest BCUT2D eigenvalue weighted by Crippen LogP contribution is -2.34. The lowest BCUT2D eigenvalue weighted by atomic mass is 10.2. The van der Waals surface area contributed by atoms with Crippen molar-refractivity contribution < 1.29 is 14.6 Å². The van der Waals surface area contributed by atoms with Crippen LogP contribution in [0.2, 0.25) is 0 Å². The number of benzene rings is 1. The molecule has 0 amide bonds. The average molecular weight is 267 g/mol. The predicted molar refractivity (Wildman–Crippen MR) is 76.9 cm³/mol. The van der Waals surface area contributed by atoms with E-state index in [0.717, 1.165) is 30.9 Å². The third kappa shape index (κ3) is 5.94. The highest BCUT2D eigenvalue weighted by Gasteiger charge is 2.08. The zero-order valence-electron chi connectivity index (χ0n) is 11.9. The summed E-state index contributed by atoms with van der Waals surface area (Å²) < 4.78 is 11.2. The monoisotopic (exact) mass is 267 g/mol. The largest absolute Gasteiger partial charge is 0.490 e. The molecule has 4 heteroatoms. The van der Waals surface area contributed by atoms with Gasteiger partial charge in [0.2, 0.25) is 0 Å². The summed E-state index contributed by atoms with van der Waals surface area (Å²) >= 11 is 0. The topological polar surface area (TPSA) is 50.7 Å². The Morgan fingerprint density at radius 1 is 1.16 bits per heavy atom. The lowest BCUT2D eigenvalue weighted by Gasteiger charge is -2.17. The molecule has 2 N–H and O–H groups in total. The summed E-state index contributed by atoms with van der Waals surface area (Å²) in [5.41, 5.74) is 0. The van der Waals surface area contributed by atoms with Crippen molar-refractivity contribution in [3.05, 3.63) is 24.3 Å². The fourth-order valence-corrected chi connectivity index (χ4v) is 1.76. The summed E-state index contributed by atoms with van der Waals surface area (Å²) in [6.45, 7) is 6.30. The maximum atomic E-state index is 9.25. The molecule has 19 heavy (non-hydrogen) atoms. The van der Waals surface area contributed by atoms with Crippen LogP contribution in [0.1, 0.15) is 26.7 Å². The van der Waals surface area contributed by atoms with Crippen LogP contribution in [-0.4, -0.2) is 37.5 Å². The molecule has 0 saturated heterocycles. The molecule has 1 aromatic carbocycles. The molecule has 108 valence electrons. The first kappa shape index (κ1) is 15.8. The number of hydrogen-bond acceptors (Lipinski definition) is 4. The number of rotatable bonds is 10. The van der Waals surface area contributed by atoms with Crippen LogP contribution in [-0.2, 0) is 0 Å². The van der Waals surface area contributed by atoms with Gasteiger partial charge in [-0.1, -0.05) is 19.1 Å². The zero-order chi connectivity index (χ0) is 13.9. The molecule has 0 aliphatic rings. The minimum atomic E-state index is 0.0965. The van der Waals surface area contributed by atoms with Gasteiger partial charge in [0, 0.05) is 6.04 Å². The molecule has 1 rings (SSSR count). The molecule has 0 aromatic heterocycles. The molecular weight excluding hydrogens is 242 g/mol. The first-order chi connectivity index (χ1) is 9.31. The van der Waals surface area contributed by atoms with Gasteiger partial charge in [-0.3, -0.25) is 0 Å². The molecule has 0 radical (unpaired) electrons. The van der Waals surface area contributed by atoms with E-state index in [2.05, 4.69) is 12.2 Å². The van der Waals surface area contributed by atoms with Crippen molar-refractivity contribution in [2.45, 2.75) is 32.7 Å². The van der Waals surface area contributed by atoms with Crippen LogP contribution in [0.5, 0.6) is 11.5 Å². The molecule has 1 unspecified atom stereocenters. The summed E-state index contributed by atoms with van der Waals surface area (Å²) in [5.74, 6) is 1.53. The van der Waals surface area contributed by atoms with Crippen molar-refractivity contribution >= 4 is 0 Å². The zero-order valence-corrected chi connectivity index (χ0v) is 11.9. The van der Waals surface area contributed by atoms with E-state index in [4.69, 9.17) is 9.47 Å². The van der Waals surface area contributed by atoms with Gasteiger partial charge >= 0.3 is 0 Å². The van der Waals surface area contributed by atoms with Crippen LogP contribution >= 0.6 is 0 Å². The van der Waals surface area contributed by atoms with E-state index >= 15 is 0 Å². The van der Waals surface area contributed by atoms with Crippen LogP contribution in [0.3, 0.4) is 0 Å². The number of aliphatic hydroxyl groups excluding tert-OH is 1. The van der Waals surface area contributed by atoms with Gasteiger partial charge in [-0.15, -0.1) is 0 Å². The Morgan fingerprint density at radius 2 is 1.84 bits per heavy atom. The smallest absolute Gasteiger partial charge is 0.161 e. The summed E-state index contributed by atoms with van der Waals surface area (Å²) in [5, 5.41) is 12.5. The van der Waals surface area contributed by atoms with Gasteiger partial charge in [-0.05, 0) is 38.4 Å². The second kappa shape index (κ2) is 9.64. The Labute approximate surface area is 115 Å². The Hall–Kier alpha value is -1.26. The number of nitrogens with one attached hydrogen (secondary N) is 1. The van der Waals surface area contributed by atoms with E-state index in [1.165, 1.54) is 0 Å². The maximum absolute atomic E-state index is 9.25. The maximum Gasteiger partial charge on any atom is 0.161 e. The quantitative estimate of drug-likeness (QED) is 0.682. The van der Waals surface area contributed by atoms with Crippen molar-refractivity contribution in [3.8, 4) is 11.5 Å². The number of aliphatic hydroxyl groups is 1. The van der Waals surface area contributed by atoms with Crippen molar-refractivity contribution in [1.29, 1.82) is 0 Å². The molecule has 1 atom stereocenters. The average Bonchev–Trinajstić information content (AvgIpc) is 2.44. The van der Waals surface area contributed by atoms with Gasteiger partial charge in [-0.2, -0.15) is 0 Å². The van der Waals surface area contributed by atoms with Crippen LogP contribution in [0.25, 0.3) is 0 Å². The highest BCUT2D eigenvalue weighted by Crippen LogP contribution is 2.26. The number of ether oxygens (including phenoxy) is 2. The van der Waals surface area contributed by atoms with E-state index in [-0.39, 0.29) is 12.6 Å². The highest BCUT2D eigenvalue weighted by molar-refractivity contribution is 5.39. The second-order valence-corrected chi connectivity index (χ2v) is 4.35. The van der Waals surface area contributed by atoms with Gasteiger partial charge in [0.05, 0.1) is 19.8 Å². The Morgan fingerprint density at radius 3 is 2.42 bits per heavy atom. The highest BCUT2D eigenvalue weighted by atomic mass is 16.5.